The largest absolute Gasteiger partial charge is 0.342 e. The molecule has 1 aliphatic rings. The summed E-state index contributed by atoms with van der Waals surface area (Å²) in [6.45, 7) is 4.18. The fourth-order valence-corrected chi connectivity index (χ4v) is 3.36. The Labute approximate surface area is 163 Å². The molecule has 1 amide bonds. The van der Waals surface area contributed by atoms with E-state index in [1.165, 1.54) is 0 Å². The van der Waals surface area contributed by atoms with Crippen LogP contribution in [0.5, 0.6) is 0 Å². The summed E-state index contributed by atoms with van der Waals surface area (Å²) in [6, 6.07) is 1.64. The molecule has 0 spiro atoms. The maximum atomic E-state index is 12.4. The number of aromatic nitrogens is 2. The second-order valence-corrected chi connectivity index (χ2v) is 7.07. The molecule has 0 saturated carbocycles. The van der Waals surface area contributed by atoms with Gasteiger partial charge in [-0.2, -0.15) is 0 Å². The van der Waals surface area contributed by atoms with Gasteiger partial charge in [-0.15, -0.1) is 24.8 Å². The molecule has 2 aromatic rings. The van der Waals surface area contributed by atoms with E-state index in [2.05, 4.69) is 11.9 Å². The number of hydrogen-bond donors (Lipinski definition) is 1. The minimum absolute atomic E-state index is 0. The quantitative estimate of drug-likeness (QED) is 0.839. The average molecular weight is 414 g/mol. The van der Waals surface area contributed by atoms with Crippen LogP contribution < -0.4 is 5.73 Å². The lowest BCUT2D eigenvalue weighted by Gasteiger charge is -2.22. The smallest absolute Gasteiger partial charge is 0.228 e. The zero-order valence-electron chi connectivity index (χ0n) is 13.2. The second kappa shape index (κ2) is 8.11. The Morgan fingerprint density at radius 2 is 2.08 bits per heavy atom. The van der Waals surface area contributed by atoms with Gasteiger partial charge in [-0.1, -0.05) is 30.1 Å². The summed E-state index contributed by atoms with van der Waals surface area (Å²) in [5.41, 5.74) is 7.12. The van der Waals surface area contributed by atoms with E-state index in [9.17, 15) is 4.79 Å². The molecule has 2 aromatic heterocycles. The number of carbonyl (C=O) groups excluding carboxylic acids is 1. The Kier molecular flexibility index (Phi) is 7.20. The normalized spacial score (nSPS) is 19.9. The molecule has 0 aliphatic carbocycles. The molecule has 3 rings (SSSR count). The molecule has 0 radical (unpaired) electrons. The Morgan fingerprint density at radius 1 is 1.38 bits per heavy atom. The number of nitrogens with zero attached hydrogens (tertiary/aromatic N) is 3. The van der Waals surface area contributed by atoms with Gasteiger partial charge in [0.1, 0.15) is 0 Å². The van der Waals surface area contributed by atoms with Gasteiger partial charge in [-0.3, -0.25) is 4.79 Å². The molecule has 2 N–H and O–H groups in total. The van der Waals surface area contributed by atoms with Gasteiger partial charge in [0, 0.05) is 25.5 Å². The first-order chi connectivity index (χ1) is 10.4. The van der Waals surface area contributed by atoms with Crippen LogP contribution in [0.3, 0.4) is 0 Å². The van der Waals surface area contributed by atoms with Gasteiger partial charge in [0.15, 0.2) is 5.65 Å². The molecule has 5 nitrogen and oxygen atoms in total. The molecule has 0 aromatic carbocycles. The number of imidazole rings is 1. The van der Waals surface area contributed by atoms with Crippen LogP contribution in [-0.4, -0.2) is 39.8 Å². The van der Waals surface area contributed by atoms with Crippen molar-refractivity contribution in [2.45, 2.75) is 19.8 Å². The lowest BCUT2D eigenvalue weighted by molar-refractivity contribution is -0.129. The molecule has 134 valence electrons. The molecule has 1 unspecified atom stereocenters. The van der Waals surface area contributed by atoms with Crippen molar-refractivity contribution in [1.82, 2.24) is 14.3 Å². The van der Waals surface area contributed by atoms with Crippen molar-refractivity contribution < 1.29 is 4.79 Å². The number of carbonyl (C=O) groups is 1. The lowest BCUT2D eigenvalue weighted by Crippen LogP contribution is -2.35. The van der Waals surface area contributed by atoms with Crippen molar-refractivity contribution in [3.63, 3.8) is 0 Å². The molecule has 24 heavy (non-hydrogen) atoms. The van der Waals surface area contributed by atoms with Gasteiger partial charge in [0.25, 0.3) is 0 Å². The number of likely N-dealkylation sites (tertiary alicyclic amines) is 1. The van der Waals surface area contributed by atoms with Crippen molar-refractivity contribution >= 4 is 59.6 Å². The number of nitrogens with two attached hydrogens (primary N) is 1. The van der Waals surface area contributed by atoms with Crippen LogP contribution in [0.1, 0.15) is 19.0 Å². The Hall–Kier alpha value is -0.720. The Morgan fingerprint density at radius 3 is 2.71 bits per heavy atom. The van der Waals surface area contributed by atoms with E-state index in [0.29, 0.717) is 34.5 Å². The van der Waals surface area contributed by atoms with Crippen LogP contribution >= 0.6 is 48.0 Å². The minimum atomic E-state index is 0. The van der Waals surface area contributed by atoms with E-state index < -0.39 is 0 Å². The van der Waals surface area contributed by atoms with Crippen molar-refractivity contribution in [2.75, 3.05) is 19.6 Å². The first-order valence-electron chi connectivity index (χ1n) is 7.21. The van der Waals surface area contributed by atoms with Crippen molar-refractivity contribution in [3.05, 3.63) is 34.2 Å². The first-order valence-corrected chi connectivity index (χ1v) is 7.96. The summed E-state index contributed by atoms with van der Waals surface area (Å²) in [5.74, 6) is 0.0720. The standard InChI is InChI=1S/C15H18Cl2N4O.2ClH/c1-15(8-18)2-3-20(9-15)13(22)5-11-7-21-6-10(16)4-12(17)14(21)19-11;;/h4,6-7H,2-3,5,8-9,18H2,1H3;2*1H. The van der Waals surface area contributed by atoms with Crippen LogP contribution in [0.2, 0.25) is 10.0 Å². The van der Waals surface area contributed by atoms with Crippen LogP contribution in [0.4, 0.5) is 0 Å². The highest BCUT2D eigenvalue weighted by molar-refractivity contribution is 6.36. The molecule has 0 bridgehead atoms. The Bertz CT molecular complexity index is 736. The second-order valence-electron chi connectivity index (χ2n) is 6.23. The third-order valence-electron chi connectivity index (χ3n) is 4.26. The maximum Gasteiger partial charge on any atom is 0.228 e. The van der Waals surface area contributed by atoms with Crippen LogP contribution in [0, 0.1) is 5.41 Å². The fourth-order valence-electron chi connectivity index (χ4n) is 2.83. The predicted molar refractivity (Wildman–Crippen MR) is 102 cm³/mol. The van der Waals surface area contributed by atoms with E-state index in [4.69, 9.17) is 28.9 Å². The molecule has 1 aliphatic heterocycles. The van der Waals surface area contributed by atoms with Crippen molar-refractivity contribution in [3.8, 4) is 0 Å². The van der Waals surface area contributed by atoms with Gasteiger partial charge in [0.05, 0.1) is 22.2 Å². The zero-order valence-corrected chi connectivity index (χ0v) is 16.3. The van der Waals surface area contributed by atoms with Gasteiger partial charge in [0.2, 0.25) is 5.91 Å². The molecular weight excluding hydrogens is 394 g/mol. The number of hydrogen-bond acceptors (Lipinski definition) is 3. The highest BCUT2D eigenvalue weighted by Gasteiger charge is 2.34. The molecule has 1 fully saturated rings. The van der Waals surface area contributed by atoms with Crippen LogP contribution in [0.15, 0.2) is 18.5 Å². The average Bonchev–Trinajstić information content (AvgIpc) is 3.03. The number of rotatable bonds is 3. The van der Waals surface area contributed by atoms with E-state index in [1.54, 1.807) is 22.9 Å². The summed E-state index contributed by atoms with van der Waals surface area (Å²) in [7, 11) is 0. The monoisotopic (exact) mass is 412 g/mol. The third-order valence-corrected chi connectivity index (χ3v) is 4.74. The van der Waals surface area contributed by atoms with Gasteiger partial charge >= 0.3 is 0 Å². The molecule has 9 heteroatoms. The Balaban J connectivity index is 0.00000144. The van der Waals surface area contributed by atoms with Crippen molar-refractivity contribution in [1.29, 1.82) is 0 Å². The van der Waals surface area contributed by atoms with Gasteiger partial charge < -0.3 is 15.0 Å². The number of pyridine rings is 1. The zero-order chi connectivity index (χ0) is 15.9. The molecular formula is C15H20Cl4N4O. The van der Waals surface area contributed by atoms with Gasteiger partial charge in [-0.25, -0.2) is 4.98 Å². The summed E-state index contributed by atoms with van der Waals surface area (Å²) >= 11 is 12.1. The SMILES string of the molecule is CC1(CN)CCN(C(=O)Cc2cn3cc(Cl)cc(Cl)c3n2)C1.Cl.Cl. The summed E-state index contributed by atoms with van der Waals surface area (Å²) in [4.78, 5) is 18.7. The van der Waals surface area contributed by atoms with E-state index in [-0.39, 0.29) is 42.6 Å². The van der Waals surface area contributed by atoms with E-state index in [0.717, 1.165) is 13.0 Å². The summed E-state index contributed by atoms with van der Waals surface area (Å²) in [6.07, 6.45) is 4.73. The number of amides is 1. The first kappa shape index (κ1) is 21.3. The topological polar surface area (TPSA) is 63.6 Å². The van der Waals surface area contributed by atoms with Crippen LogP contribution in [-0.2, 0) is 11.2 Å². The minimum Gasteiger partial charge on any atom is -0.342 e. The summed E-state index contributed by atoms with van der Waals surface area (Å²) in [5, 5.41) is 1.01. The number of fused-ring (bicyclic) bond motifs is 1. The summed E-state index contributed by atoms with van der Waals surface area (Å²) < 4.78 is 1.75. The van der Waals surface area contributed by atoms with E-state index >= 15 is 0 Å². The number of halogens is 4. The molecule has 1 atom stereocenters. The highest BCUT2D eigenvalue weighted by Crippen LogP contribution is 2.29. The van der Waals surface area contributed by atoms with E-state index in [1.807, 2.05) is 4.90 Å². The maximum absolute atomic E-state index is 12.4. The predicted octanol–water partition coefficient (Wildman–Crippen LogP) is 3.22. The van der Waals surface area contributed by atoms with Gasteiger partial charge in [-0.05, 0) is 24.4 Å². The lowest BCUT2D eigenvalue weighted by atomic mass is 9.90. The molecule has 1 saturated heterocycles. The molecule has 3 heterocycles. The highest BCUT2D eigenvalue weighted by atomic mass is 35.5. The van der Waals surface area contributed by atoms with Crippen molar-refractivity contribution in [2.24, 2.45) is 11.1 Å². The fraction of sp³-hybridized carbons (Fsp3) is 0.467. The third kappa shape index (κ3) is 4.27. The van der Waals surface area contributed by atoms with Crippen LogP contribution in [0.25, 0.3) is 5.65 Å².